The standard InChI is InChI=1S/C12H26O3/c1-9(2)12(6,7)15-14-11(4,5)8-10(3)13/h9-10,13H,8H2,1-7H3. The average Bonchev–Trinajstić information content (AvgIpc) is 1.98. The summed E-state index contributed by atoms with van der Waals surface area (Å²) in [6.45, 7) is 13.7. The fraction of sp³-hybridized carbons (Fsp3) is 1.00. The van der Waals surface area contributed by atoms with Crippen molar-refractivity contribution in [2.45, 2.75) is 72.2 Å². The van der Waals surface area contributed by atoms with Gasteiger partial charge >= 0.3 is 0 Å². The molecule has 3 nitrogen and oxygen atoms in total. The first kappa shape index (κ1) is 14.9. The largest absolute Gasteiger partial charge is 0.393 e. The van der Waals surface area contributed by atoms with E-state index in [1.165, 1.54) is 0 Å². The van der Waals surface area contributed by atoms with E-state index in [9.17, 15) is 5.11 Å². The average molecular weight is 218 g/mol. The summed E-state index contributed by atoms with van der Waals surface area (Å²) >= 11 is 0. The van der Waals surface area contributed by atoms with E-state index in [1.807, 2.05) is 27.7 Å². The molecule has 0 heterocycles. The van der Waals surface area contributed by atoms with Gasteiger partial charge in [0.25, 0.3) is 0 Å². The Balaban J connectivity index is 4.14. The zero-order chi connectivity index (χ0) is 12.3. The van der Waals surface area contributed by atoms with Crippen molar-refractivity contribution in [3.63, 3.8) is 0 Å². The first-order chi connectivity index (χ1) is 6.57. The van der Waals surface area contributed by atoms with Gasteiger partial charge in [0.1, 0.15) is 11.2 Å². The van der Waals surface area contributed by atoms with Crippen LogP contribution in [0.2, 0.25) is 0 Å². The zero-order valence-corrected chi connectivity index (χ0v) is 11.1. The summed E-state index contributed by atoms with van der Waals surface area (Å²) < 4.78 is 0. The van der Waals surface area contributed by atoms with Crippen LogP contribution in [0.3, 0.4) is 0 Å². The molecular weight excluding hydrogens is 192 g/mol. The molecule has 1 unspecified atom stereocenters. The fourth-order valence-corrected chi connectivity index (χ4v) is 1.06. The van der Waals surface area contributed by atoms with E-state index in [4.69, 9.17) is 9.78 Å². The van der Waals surface area contributed by atoms with Crippen molar-refractivity contribution in [3.8, 4) is 0 Å². The van der Waals surface area contributed by atoms with E-state index in [-0.39, 0.29) is 11.7 Å². The van der Waals surface area contributed by atoms with E-state index in [2.05, 4.69) is 13.8 Å². The lowest BCUT2D eigenvalue weighted by Gasteiger charge is -2.33. The molecule has 0 rings (SSSR count). The predicted octanol–water partition coefficient (Wildman–Crippen LogP) is 2.92. The molecule has 92 valence electrons. The van der Waals surface area contributed by atoms with Gasteiger partial charge in [0, 0.05) is 6.42 Å². The highest BCUT2D eigenvalue weighted by Gasteiger charge is 2.29. The monoisotopic (exact) mass is 218 g/mol. The molecule has 0 amide bonds. The number of rotatable bonds is 6. The molecule has 0 aliphatic rings. The molecule has 15 heavy (non-hydrogen) atoms. The molecule has 1 atom stereocenters. The molecule has 0 aliphatic heterocycles. The van der Waals surface area contributed by atoms with Crippen LogP contribution in [-0.4, -0.2) is 22.4 Å². The maximum Gasteiger partial charge on any atom is 0.100 e. The topological polar surface area (TPSA) is 38.7 Å². The lowest BCUT2D eigenvalue weighted by molar-refractivity contribution is -0.410. The van der Waals surface area contributed by atoms with Crippen molar-refractivity contribution in [1.29, 1.82) is 0 Å². The molecule has 0 aliphatic carbocycles. The van der Waals surface area contributed by atoms with Crippen molar-refractivity contribution in [2.75, 3.05) is 0 Å². The van der Waals surface area contributed by atoms with E-state index >= 15 is 0 Å². The highest BCUT2D eigenvalue weighted by Crippen LogP contribution is 2.25. The van der Waals surface area contributed by atoms with Crippen molar-refractivity contribution >= 4 is 0 Å². The van der Waals surface area contributed by atoms with Gasteiger partial charge in [-0.25, -0.2) is 9.78 Å². The maximum atomic E-state index is 9.29. The summed E-state index contributed by atoms with van der Waals surface area (Å²) in [5, 5.41) is 9.29. The second-order valence-corrected chi connectivity index (χ2v) is 5.74. The van der Waals surface area contributed by atoms with Crippen LogP contribution >= 0.6 is 0 Å². The van der Waals surface area contributed by atoms with E-state index in [1.54, 1.807) is 6.92 Å². The van der Waals surface area contributed by atoms with Gasteiger partial charge in [-0.15, -0.1) is 0 Å². The summed E-state index contributed by atoms with van der Waals surface area (Å²) in [6.07, 6.45) is 0.173. The molecule has 0 aromatic heterocycles. The van der Waals surface area contributed by atoms with Gasteiger partial charge in [0.2, 0.25) is 0 Å². The molecule has 3 heteroatoms. The van der Waals surface area contributed by atoms with E-state index in [0.29, 0.717) is 12.3 Å². The number of aliphatic hydroxyl groups excluding tert-OH is 1. The molecule has 0 radical (unpaired) electrons. The first-order valence-electron chi connectivity index (χ1n) is 5.62. The third-order valence-corrected chi connectivity index (χ3v) is 2.66. The Bertz CT molecular complexity index is 183. The van der Waals surface area contributed by atoms with Crippen molar-refractivity contribution < 1.29 is 14.9 Å². The molecule has 0 aromatic carbocycles. The quantitative estimate of drug-likeness (QED) is 0.550. The Morgan fingerprint density at radius 3 is 1.80 bits per heavy atom. The fourth-order valence-electron chi connectivity index (χ4n) is 1.06. The lowest BCUT2D eigenvalue weighted by Crippen LogP contribution is -2.37. The molecule has 0 bridgehead atoms. The highest BCUT2D eigenvalue weighted by atomic mass is 17.2. The zero-order valence-electron chi connectivity index (χ0n) is 11.1. The molecule has 0 spiro atoms. The Morgan fingerprint density at radius 2 is 1.47 bits per heavy atom. The summed E-state index contributed by atoms with van der Waals surface area (Å²) in [6, 6.07) is 0. The summed E-state index contributed by atoms with van der Waals surface area (Å²) in [4.78, 5) is 10.9. The van der Waals surface area contributed by atoms with Gasteiger partial charge in [0.15, 0.2) is 0 Å². The number of hydrogen-bond donors (Lipinski definition) is 1. The van der Waals surface area contributed by atoms with Gasteiger partial charge in [-0.1, -0.05) is 13.8 Å². The van der Waals surface area contributed by atoms with Crippen LogP contribution in [-0.2, 0) is 9.78 Å². The molecule has 0 aromatic rings. The normalized spacial score (nSPS) is 15.8. The van der Waals surface area contributed by atoms with Crippen LogP contribution in [0, 0.1) is 5.92 Å². The molecule has 0 fully saturated rings. The number of hydrogen-bond acceptors (Lipinski definition) is 3. The van der Waals surface area contributed by atoms with Crippen molar-refractivity contribution in [2.24, 2.45) is 5.92 Å². The van der Waals surface area contributed by atoms with Crippen LogP contribution in [0.5, 0.6) is 0 Å². The maximum absolute atomic E-state index is 9.29. The SMILES string of the molecule is CC(O)CC(C)(C)OOC(C)(C)C(C)C. The molecule has 1 N–H and O–H groups in total. The first-order valence-corrected chi connectivity index (χ1v) is 5.62. The minimum absolute atomic E-state index is 0.310. The van der Waals surface area contributed by atoms with Gasteiger partial charge in [-0.3, -0.25) is 0 Å². The van der Waals surface area contributed by atoms with Crippen LogP contribution in [0.25, 0.3) is 0 Å². The Morgan fingerprint density at radius 1 is 1.00 bits per heavy atom. The minimum Gasteiger partial charge on any atom is -0.393 e. The molecular formula is C12H26O3. The van der Waals surface area contributed by atoms with Gasteiger partial charge < -0.3 is 5.11 Å². The summed E-state index contributed by atoms with van der Waals surface area (Å²) in [7, 11) is 0. The van der Waals surface area contributed by atoms with Gasteiger partial charge in [-0.2, -0.15) is 0 Å². The van der Waals surface area contributed by atoms with Crippen LogP contribution in [0.15, 0.2) is 0 Å². The molecule has 0 saturated heterocycles. The minimum atomic E-state index is -0.458. The second kappa shape index (κ2) is 5.28. The van der Waals surface area contributed by atoms with Gasteiger partial charge in [-0.05, 0) is 40.5 Å². The molecule has 0 saturated carbocycles. The second-order valence-electron chi connectivity index (χ2n) is 5.74. The summed E-state index contributed by atoms with van der Waals surface area (Å²) in [5.41, 5.74) is -0.768. The lowest BCUT2D eigenvalue weighted by atomic mass is 9.95. The van der Waals surface area contributed by atoms with Gasteiger partial charge in [0.05, 0.1) is 6.10 Å². The third kappa shape index (κ3) is 6.13. The van der Waals surface area contributed by atoms with Crippen molar-refractivity contribution in [3.05, 3.63) is 0 Å². The third-order valence-electron chi connectivity index (χ3n) is 2.66. The predicted molar refractivity (Wildman–Crippen MR) is 61.5 cm³/mol. The van der Waals surface area contributed by atoms with Crippen LogP contribution < -0.4 is 0 Å². The van der Waals surface area contributed by atoms with E-state index in [0.717, 1.165) is 0 Å². The van der Waals surface area contributed by atoms with E-state index < -0.39 is 5.60 Å². The smallest absolute Gasteiger partial charge is 0.100 e. The van der Waals surface area contributed by atoms with Crippen LogP contribution in [0.1, 0.15) is 54.9 Å². The Labute approximate surface area is 93.7 Å². The Hall–Kier alpha value is -0.120. The Kier molecular flexibility index (Phi) is 5.24. The summed E-state index contributed by atoms with van der Waals surface area (Å²) in [5.74, 6) is 0.375. The van der Waals surface area contributed by atoms with Crippen LogP contribution in [0.4, 0.5) is 0 Å². The number of aliphatic hydroxyl groups is 1. The highest BCUT2D eigenvalue weighted by molar-refractivity contribution is 4.73. The van der Waals surface area contributed by atoms with Crippen molar-refractivity contribution in [1.82, 2.24) is 0 Å².